The van der Waals surface area contributed by atoms with Crippen molar-refractivity contribution >= 4 is 18.0 Å². The molecule has 0 aromatic heterocycles. The standard InChI is InChI=1S/C17H15N3O3/c1-11(2)16(21)20-6-5-13(17(22)23)7-12-3-4-14(9-18)15(8-12)10-19/h3-4,7-8H,1,5-6H2,2H3,(H,20,21)(H,22,23)/b13-7+. The zero-order valence-corrected chi connectivity index (χ0v) is 12.6. The molecule has 6 heteroatoms. The van der Waals surface area contributed by atoms with Gasteiger partial charge in [-0.05, 0) is 37.1 Å². The van der Waals surface area contributed by atoms with Gasteiger partial charge in [0.1, 0.15) is 12.1 Å². The van der Waals surface area contributed by atoms with Gasteiger partial charge in [0.15, 0.2) is 0 Å². The Morgan fingerprint density at radius 1 is 1.30 bits per heavy atom. The van der Waals surface area contributed by atoms with E-state index in [1.165, 1.54) is 18.2 Å². The molecule has 1 rings (SSSR count). The Labute approximate surface area is 134 Å². The van der Waals surface area contributed by atoms with Gasteiger partial charge in [-0.2, -0.15) is 10.5 Å². The van der Waals surface area contributed by atoms with Gasteiger partial charge in [0, 0.05) is 17.7 Å². The quantitative estimate of drug-likeness (QED) is 0.780. The second-order valence-electron chi connectivity index (χ2n) is 4.79. The molecule has 0 aliphatic rings. The molecule has 0 bridgehead atoms. The number of carboxylic acids is 1. The summed E-state index contributed by atoms with van der Waals surface area (Å²) in [5, 5.41) is 29.6. The minimum absolute atomic E-state index is 0.0839. The van der Waals surface area contributed by atoms with Crippen molar-refractivity contribution in [1.82, 2.24) is 5.32 Å². The average molecular weight is 309 g/mol. The molecule has 116 valence electrons. The van der Waals surface area contributed by atoms with E-state index in [0.717, 1.165) is 0 Å². The molecule has 23 heavy (non-hydrogen) atoms. The first-order valence-electron chi connectivity index (χ1n) is 6.71. The summed E-state index contributed by atoms with van der Waals surface area (Å²) < 4.78 is 0. The van der Waals surface area contributed by atoms with Crippen molar-refractivity contribution < 1.29 is 14.7 Å². The maximum atomic E-state index is 11.4. The third kappa shape index (κ3) is 5.14. The van der Waals surface area contributed by atoms with E-state index in [2.05, 4.69) is 11.9 Å². The molecular formula is C17H15N3O3. The number of amides is 1. The summed E-state index contributed by atoms with van der Waals surface area (Å²) in [5.74, 6) is -1.45. The first-order valence-corrected chi connectivity index (χ1v) is 6.71. The van der Waals surface area contributed by atoms with Crippen LogP contribution in [0.5, 0.6) is 0 Å². The van der Waals surface area contributed by atoms with Crippen molar-refractivity contribution in [1.29, 1.82) is 10.5 Å². The van der Waals surface area contributed by atoms with Gasteiger partial charge >= 0.3 is 5.97 Å². The number of hydrogen-bond acceptors (Lipinski definition) is 4. The molecule has 0 saturated carbocycles. The second kappa shape index (κ2) is 8.16. The number of rotatable bonds is 6. The van der Waals surface area contributed by atoms with Gasteiger partial charge in [0.2, 0.25) is 5.91 Å². The molecule has 0 aliphatic carbocycles. The summed E-state index contributed by atoms with van der Waals surface area (Å²) in [5.41, 5.74) is 1.35. The number of carboxylic acid groups (broad SMARTS) is 1. The number of aliphatic carboxylic acids is 1. The topological polar surface area (TPSA) is 114 Å². The van der Waals surface area contributed by atoms with Gasteiger partial charge in [-0.1, -0.05) is 12.6 Å². The Hall–Kier alpha value is -3.38. The number of nitrogens with one attached hydrogen (secondary N) is 1. The van der Waals surface area contributed by atoms with Gasteiger partial charge in [0.05, 0.1) is 11.1 Å². The monoisotopic (exact) mass is 309 g/mol. The van der Waals surface area contributed by atoms with Gasteiger partial charge in [-0.15, -0.1) is 0 Å². The highest BCUT2D eigenvalue weighted by Gasteiger charge is 2.10. The summed E-state index contributed by atoms with van der Waals surface area (Å²) >= 11 is 0. The average Bonchev–Trinajstić information content (AvgIpc) is 2.53. The zero-order valence-electron chi connectivity index (χ0n) is 12.6. The summed E-state index contributed by atoms with van der Waals surface area (Å²) in [4.78, 5) is 22.6. The number of nitriles is 2. The number of hydrogen-bond donors (Lipinski definition) is 2. The highest BCUT2D eigenvalue weighted by Crippen LogP contribution is 2.15. The van der Waals surface area contributed by atoms with Crippen LogP contribution in [0.25, 0.3) is 6.08 Å². The van der Waals surface area contributed by atoms with Crippen LogP contribution in [0.3, 0.4) is 0 Å². The van der Waals surface area contributed by atoms with Crippen LogP contribution in [0.15, 0.2) is 35.9 Å². The van der Waals surface area contributed by atoms with Crippen LogP contribution in [-0.4, -0.2) is 23.5 Å². The van der Waals surface area contributed by atoms with Crippen LogP contribution in [0.4, 0.5) is 0 Å². The number of carbonyl (C=O) groups is 2. The molecule has 0 unspecified atom stereocenters. The molecule has 1 amide bonds. The zero-order chi connectivity index (χ0) is 17.4. The lowest BCUT2D eigenvalue weighted by Gasteiger charge is -2.06. The molecule has 0 fully saturated rings. The van der Waals surface area contributed by atoms with E-state index in [4.69, 9.17) is 10.5 Å². The van der Waals surface area contributed by atoms with Crippen LogP contribution < -0.4 is 5.32 Å². The third-order valence-electron chi connectivity index (χ3n) is 2.97. The molecule has 0 atom stereocenters. The smallest absolute Gasteiger partial charge is 0.331 e. The van der Waals surface area contributed by atoms with E-state index < -0.39 is 5.97 Å². The fraction of sp³-hybridized carbons (Fsp3) is 0.176. The maximum absolute atomic E-state index is 11.4. The van der Waals surface area contributed by atoms with Crippen molar-refractivity contribution in [3.05, 3.63) is 52.6 Å². The fourth-order valence-corrected chi connectivity index (χ4v) is 1.75. The summed E-state index contributed by atoms with van der Waals surface area (Å²) in [7, 11) is 0. The molecule has 0 aliphatic heterocycles. The molecule has 1 aromatic carbocycles. The van der Waals surface area contributed by atoms with Gasteiger partial charge in [-0.3, -0.25) is 4.79 Å². The lowest BCUT2D eigenvalue weighted by Crippen LogP contribution is -2.25. The van der Waals surface area contributed by atoms with Crippen LogP contribution in [0.1, 0.15) is 30.0 Å². The predicted molar refractivity (Wildman–Crippen MR) is 83.9 cm³/mol. The molecular weight excluding hydrogens is 294 g/mol. The third-order valence-corrected chi connectivity index (χ3v) is 2.97. The van der Waals surface area contributed by atoms with Crippen LogP contribution >= 0.6 is 0 Å². The van der Waals surface area contributed by atoms with Crippen molar-refractivity contribution in [2.24, 2.45) is 0 Å². The molecule has 0 spiro atoms. The minimum atomic E-state index is -1.11. The first kappa shape index (κ1) is 17.7. The molecule has 0 heterocycles. The Kier molecular flexibility index (Phi) is 6.27. The van der Waals surface area contributed by atoms with Crippen molar-refractivity contribution in [2.45, 2.75) is 13.3 Å². The molecule has 1 aromatic rings. The van der Waals surface area contributed by atoms with E-state index >= 15 is 0 Å². The molecule has 0 radical (unpaired) electrons. The summed E-state index contributed by atoms with van der Waals surface area (Å²) in [6.45, 7) is 5.21. The van der Waals surface area contributed by atoms with E-state index in [0.29, 0.717) is 11.1 Å². The Bertz CT molecular complexity index is 764. The van der Waals surface area contributed by atoms with E-state index in [1.807, 2.05) is 12.1 Å². The Morgan fingerprint density at radius 3 is 2.48 bits per heavy atom. The van der Waals surface area contributed by atoms with Crippen LogP contribution in [0, 0.1) is 22.7 Å². The fourth-order valence-electron chi connectivity index (χ4n) is 1.75. The largest absolute Gasteiger partial charge is 0.478 e. The normalized spacial score (nSPS) is 10.3. The number of nitrogens with zero attached hydrogens (tertiary/aromatic N) is 2. The van der Waals surface area contributed by atoms with E-state index in [9.17, 15) is 14.7 Å². The molecule has 2 N–H and O–H groups in total. The number of carbonyl (C=O) groups excluding carboxylic acids is 1. The SMILES string of the molecule is C=C(C)C(=O)NCC/C(=C\c1ccc(C#N)c(C#N)c1)C(=O)O. The molecule has 6 nitrogen and oxygen atoms in total. The maximum Gasteiger partial charge on any atom is 0.331 e. The molecule has 0 saturated heterocycles. The summed E-state index contributed by atoms with van der Waals surface area (Å²) in [6.07, 6.45) is 1.54. The van der Waals surface area contributed by atoms with E-state index in [1.54, 1.807) is 13.0 Å². The highest BCUT2D eigenvalue weighted by atomic mass is 16.4. The van der Waals surface area contributed by atoms with Gasteiger partial charge in [0.25, 0.3) is 0 Å². The summed E-state index contributed by atoms with van der Waals surface area (Å²) in [6, 6.07) is 8.27. The predicted octanol–water partition coefficient (Wildman–Crippen LogP) is 1.98. The lowest BCUT2D eigenvalue weighted by atomic mass is 10.0. The highest BCUT2D eigenvalue weighted by molar-refractivity contribution is 5.93. The minimum Gasteiger partial charge on any atom is -0.478 e. The second-order valence-corrected chi connectivity index (χ2v) is 4.79. The number of benzene rings is 1. The first-order chi connectivity index (χ1) is 10.9. The Balaban J connectivity index is 2.94. The van der Waals surface area contributed by atoms with Crippen LogP contribution in [-0.2, 0) is 9.59 Å². The van der Waals surface area contributed by atoms with Crippen LogP contribution in [0.2, 0.25) is 0 Å². The van der Waals surface area contributed by atoms with E-state index in [-0.39, 0.29) is 35.6 Å². The van der Waals surface area contributed by atoms with Gasteiger partial charge < -0.3 is 10.4 Å². The van der Waals surface area contributed by atoms with Crippen molar-refractivity contribution in [3.63, 3.8) is 0 Å². The van der Waals surface area contributed by atoms with Gasteiger partial charge in [-0.25, -0.2) is 4.79 Å². The lowest BCUT2D eigenvalue weighted by molar-refractivity contribution is -0.132. The Morgan fingerprint density at radius 2 is 1.96 bits per heavy atom. The van der Waals surface area contributed by atoms with Crippen molar-refractivity contribution in [3.8, 4) is 12.1 Å². The van der Waals surface area contributed by atoms with Crippen molar-refractivity contribution in [2.75, 3.05) is 6.54 Å².